The van der Waals surface area contributed by atoms with Crippen molar-refractivity contribution >= 4 is 11.8 Å². The standard InChI is InChI=1S/C20H24N4O2/c1-13-18(22-19(21-13)16-6-4-3-5-7-16)20(26)24-11-15-8-9-17(24)12-23(10-15)14(2)25/h3-7,15,17H,8-12H2,1-2H3,(H,21,22)/t15-,17+/m0/s1. The van der Waals surface area contributed by atoms with Gasteiger partial charge in [0.05, 0.1) is 0 Å². The number of aromatic amines is 1. The molecule has 0 spiro atoms. The van der Waals surface area contributed by atoms with Crippen LogP contribution in [0.3, 0.4) is 0 Å². The average molecular weight is 352 g/mol. The number of imidazole rings is 1. The Morgan fingerprint density at radius 1 is 1.12 bits per heavy atom. The highest BCUT2D eigenvalue weighted by Gasteiger charge is 2.39. The second kappa shape index (κ2) is 6.59. The Morgan fingerprint density at radius 2 is 1.88 bits per heavy atom. The summed E-state index contributed by atoms with van der Waals surface area (Å²) in [6, 6.07) is 9.91. The van der Waals surface area contributed by atoms with E-state index in [9.17, 15) is 9.59 Å². The van der Waals surface area contributed by atoms with Gasteiger partial charge in [-0.3, -0.25) is 9.59 Å². The summed E-state index contributed by atoms with van der Waals surface area (Å²) in [5.74, 6) is 1.14. The van der Waals surface area contributed by atoms with Gasteiger partial charge in [0.15, 0.2) is 0 Å². The number of nitrogens with zero attached hydrogens (tertiary/aromatic N) is 3. The molecule has 2 amide bonds. The lowest BCUT2D eigenvalue weighted by Crippen LogP contribution is -2.47. The predicted molar refractivity (Wildman–Crippen MR) is 98.6 cm³/mol. The van der Waals surface area contributed by atoms with Crippen LogP contribution in [0.2, 0.25) is 0 Å². The Kier molecular flexibility index (Phi) is 4.26. The van der Waals surface area contributed by atoms with Crippen LogP contribution in [0, 0.1) is 12.8 Å². The number of piperidine rings is 1. The number of benzene rings is 1. The molecule has 5 rings (SSSR count). The summed E-state index contributed by atoms with van der Waals surface area (Å²) in [6.45, 7) is 5.60. The summed E-state index contributed by atoms with van der Waals surface area (Å²) in [6.07, 6.45) is 2.03. The minimum Gasteiger partial charge on any atom is -0.341 e. The molecule has 3 aliphatic heterocycles. The third-order valence-electron chi connectivity index (χ3n) is 5.55. The Labute approximate surface area is 153 Å². The van der Waals surface area contributed by atoms with Gasteiger partial charge in [0.25, 0.3) is 5.91 Å². The molecular formula is C20H24N4O2. The van der Waals surface area contributed by atoms with Gasteiger partial charge in [-0.2, -0.15) is 0 Å². The lowest BCUT2D eigenvalue weighted by atomic mass is 9.94. The van der Waals surface area contributed by atoms with Crippen molar-refractivity contribution < 1.29 is 9.59 Å². The first kappa shape index (κ1) is 16.8. The largest absolute Gasteiger partial charge is 0.341 e. The molecule has 0 saturated carbocycles. The highest BCUT2D eigenvalue weighted by molar-refractivity contribution is 5.94. The molecular weight excluding hydrogens is 328 g/mol. The fraction of sp³-hybridized carbons (Fsp3) is 0.450. The number of aryl methyl sites for hydroxylation is 1. The normalized spacial score (nSPS) is 22.4. The number of aromatic nitrogens is 2. The van der Waals surface area contributed by atoms with Crippen LogP contribution in [0.1, 0.15) is 35.9 Å². The molecule has 1 aromatic heterocycles. The van der Waals surface area contributed by atoms with E-state index in [0.717, 1.165) is 36.5 Å². The van der Waals surface area contributed by atoms with Gasteiger partial charge >= 0.3 is 0 Å². The van der Waals surface area contributed by atoms with E-state index >= 15 is 0 Å². The lowest BCUT2D eigenvalue weighted by molar-refractivity contribution is -0.129. The maximum Gasteiger partial charge on any atom is 0.274 e. The van der Waals surface area contributed by atoms with Gasteiger partial charge in [-0.25, -0.2) is 4.98 Å². The minimum absolute atomic E-state index is 0.0268. The van der Waals surface area contributed by atoms with E-state index in [1.807, 2.05) is 47.1 Å². The molecule has 1 aromatic carbocycles. The van der Waals surface area contributed by atoms with Crippen molar-refractivity contribution in [3.05, 3.63) is 41.7 Å². The van der Waals surface area contributed by atoms with Crippen LogP contribution in [-0.4, -0.2) is 57.3 Å². The number of hydrogen-bond acceptors (Lipinski definition) is 3. The van der Waals surface area contributed by atoms with Gasteiger partial charge in [0.2, 0.25) is 5.91 Å². The summed E-state index contributed by atoms with van der Waals surface area (Å²) in [4.78, 5) is 36.7. The van der Waals surface area contributed by atoms with Crippen LogP contribution in [0.15, 0.2) is 30.3 Å². The Hall–Kier alpha value is -2.63. The molecule has 3 saturated heterocycles. The van der Waals surface area contributed by atoms with Crippen LogP contribution in [0.25, 0.3) is 11.4 Å². The van der Waals surface area contributed by atoms with Crippen LogP contribution in [0.4, 0.5) is 0 Å². The highest BCUT2D eigenvalue weighted by Crippen LogP contribution is 2.30. The smallest absolute Gasteiger partial charge is 0.274 e. The van der Waals surface area contributed by atoms with Crippen LogP contribution in [0.5, 0.6) is 0 Å². The molecule has 3 fully saturated rings. The van der Waals surface area contributed by atoms with Crippen LogP contribution in [-0.2, 0) is 4.79 Å². The Bertz CT molecular complexity index is 830. The van der Waals surface area contributed by atoms with Gasteiger partial charge in [-0.15, -0.1) is 0 Å². The second-order valence-electron chi connectivity index (χ2n) is 7.40. The van der Waals surface area contributed by atoms with Gasteiger partial charge in [0, 0.05) is 43.9 Å². The number of H-pyrrole nitrogens is 1. The van der Waals surface area contributed by atoms with Crippen LogP contribution < -0.4 is 0 Å². The number of fused-ring (bicyclic) bond motifs is 4. The first-order valence-electron chi connectivity index (χ1n) is 9.21. The number of carbonyl (C=O) groups is 2. The maximum absolute atomic E-state index is 13.2. The Morgan fingerprint density at radius 3 is 2.62 bits per heavy atom. The summed E-state index contributed by atoms with van der Waals surface area (Å²) < 4.78 is 0. The number of hydrogen-bond donors (Lipinski definition) is 1. The molecule has 26 heavy (non-hydrogen) atoms. The summed E-state index contributed by atoms with van der Waals surface area (Å²) in [5.41, 5.74) is 2.25. The first-order chi connectivity index (χ1) is 12.5. The van der Waals surface area contributed by atoms with Crippen molar-refractivity contribution in [3.63, 3.8) is 0 Å². The molecule has 2 aromatic rings. The topological polar surface area (TPSA) is 69.3 Å². The third-order valence-corrected chi connectivity index (χ3v) is 5.55. The maximum atomic E-state index is 13.2. The summed E-state index contributed by atoms with van der Waals surface area (Å²) >= 11 is 0. The van der Waals surface area contributed by atoms with Crippen LogP contribution >= 0.6 is 0 Å². The molecule has 136 valence electrons. The monoisotopic (exact) mass is 352 g/mol. The molecule has 0 aliphatic carbocycles. The fourth-order valence-corrected chi connectivity index (χ4v) is 4.13. The van der Waals surface area contributed by atoms with Crippen molar-refractivity contribution in [2.24, 2.45) is 5.92 Å². The van der Waals surface area contributed by atoms with Crippen molar-refractivity contribution in [2.75, 3.05) is 19.6 Å². The number of rotatable bonds is 2. The quantitative estimate of drug-likeness (QED) is 0.903. The van der Waals surface area contributed by atoms with Gasteiger partial charge < -0.3 is 14.8 Å². The van der Waals surface area contributed by atoms with Gasteiger partial charge in [-0.05, 0) is 25.7 Å². The molecule has 0 unspecified atom stereocenters. The third kappa shape index (κ3) is 3.00. The number of amides is 2. The molecule has 4 heterocycles. The molecule has 3 aliphatic rings. The van der Waals surface area contributed by atoms with E-state index in [2.05, 4.69) is 9.97 Å². The van der Waals surface area contributed by atoms with Crippen molar-refractivity contribution in [3.8, 4) is 11.4 Å². The molecule has 6 nitrogen and oxygen atoms in total. The fourth-order valence-electron chi connectivity index (χ4n) is 4.13. The van der Waals surface area contributed by atoms with Crippen molar-refractivity contribution in [1.29, 1.82) is 0 Å². The van der Waals surface area contributed by atoms with Crippen molar-refractivity contribution in [2.45, 2.75) is 32.7 Å². The molecule has 2 bridgehead atoms. The zero-order valence-corrected chi connectivity index (χ0v) is 15.2. The first-order valence-corrected chi connectivity index (χ1v) is 9.21. The van der Waals surface area contributed by atoms with E-state index in [-0.39, 0.29) is 17.9 Å². The van der Waals surface area contributed by atoms with E-state index < -0.39 is 0 Å². The minimum atomic E-state index is -0.0268. The lowest BCUT2D eigenvalue weighted by Gasteiger charge is -2.35. The van der Waals surface area contributed by atoms with Gasteiger partial charge in [0.1, 0.15) is 11.5 Å². The second-order valence-corrected chi connectivity index (χ2v) is 7.40. The van der Waals surface area contributed by atoms with Gasteiger partial charge in [-0.1, -0.05) is 30.3 Å². The molecule has 0 radical (unpaired) electrons. The summed E-state index contributed by atoms with van der Waals surface area (Å²) in [7, 11) is 0. The van der Waals surface area contributed by atoms with E-state index in [4.69, 9.17) is 0 Å². The highest BCUT2D eigenvalue weighted by atomic mass is 16.2. The predicted octanol–water partition coefficient (Wildman–Crippen LogP) is 2.47. The number of carbonyl (C=O) groups excluding carboxylic acids is 2. The van der Waals surface area contributed by atoms with E-state index in [1.54, 1.807) is 6.92 Å². The number of nitrogens with one attached hydrogen (secondary N) is 1. The Balaban J connectivity index is 1.60. The van der Waals surface area contributed by atoms with E-state index in [0.29, 0.717) is 24.7 Å². The van der Waals surface area contributed by atoms with E-state index in [1.165, 1.54) is 0 Å². The average Bonchev–Trinajstić information content (AvgIpc) is 2.82. The summed E-state index contributed by atoms with van der Waals surface area (Å²) in [5, 5.41) is 0. The van der Waals surface area contributed by atoms with Crippen molar-refractivity contribution in [1.82, 2.24) is 19.8 Å². The zero-order valence-electron chi connectivity index (χ0n) is 15.2. The molecule has 1 N–H and O–H groups in total. The SMILES string of the molecule is CC(=O)N1C[C@@H]2CC[C@H](C1)N(C(=O)c1nc(-c3ccccc3)[nH]c1C)C2. The molecule has 6 heteroatoms. The zero-order chi connectivity index (χ0) is 18.3. The molecule has 2 atom stereocenters.